The Morgan fingerprint density at radius 1 is 1.24 bits per heavy atom. The standard InChI is InChI=1S/C12H18N2O3/c1-7(2)6-8(3)14-10(16)12(4-5-12)9(15)13-11(14)17/h7-8H,4-6H2,1-3H3,(H,13,15,17). The molecule has 1 heterocycles. The van der Waals surface area contributed by atoms with Crippen LogP contribution in [-0.2, 0) is 9.59 Å². The molecule has 0 bridgehead atoms. The summed E-state index contributed by atoms with van der Waals surface area (Å²) in [6.45, 7) is 5.94. The van der Waals surface area contributed by atoms with Crippen LogP contribution in [0.25, 0.3) is 0 Å². The van der Waals surface area contributed by atoms with E-state index >= 15 is 0 Å². The summed E-state index contributed by atoms with van der Waals surface area (Å²) in [4.78, 5) is 36.8. The average Bonchev–Trinajstić information content (AvgIpc) is 2.94. The van der Waals surface area contributed by atoms with Crippen molar-refractivity contribution in [3.05, 3.63) is 0 Å². The number of nitrogens with zero attached hydrogens (tertiary/aromatic N) is 1. The van der Waals surface area contributed by atoms with Gasteiger partial charge in [-0.1, -0.05) is 13.8 Å². The first-order chi connectivity index (χ1) is 7.88. The molecule has 2 fully saturated rings. The summed E-state index contributed by atoms with van der Waals surface area (Å²) in [7, 11) is 0. The van der Waals surface area contributed by atoms with Gasteiger partial charge in [-0.05, 0) is 32.1 Å². The summed E-state index contributed by atoms with van der Waals surface area (Å²) < 4.78 is 0. The van der Waals surface area contributed by atoms with E-state index in [2.05, 4.69) is 5.32 Å². The molecule has 0 aromatic rings. The molecule has 1 atom stereocenters. The molecule has 1 unspecified atom stereocenters. The van der Waals surface area contributed by atoms with Gasteiger partial charge in [0.05, 0.1) is 0 Å². The van der Waals surface area contributed by atoms with Crippen molar-refractivity contribution in [2.75, 3.05) is 0 Å². The molecule has 0 aromatic heterocycles. The Morgan fingerprint density at radius 2 is 1.82 bits per heavy atom. The number of rotatable bonds is 3. The third kappa shape index (κ3) is 1.83. The van der Waals surface area contributed by atoms with E-state index in [1.807, 2.05) is 20.8 Å². The number of hydrogen-bond acceptors (Lipinski definition) is 3. The normalized spacial score (nSPS) is 24.2. The Hall–Kier alpha value is -1.39. The number of carbonyl (C=O) groups is 3. The molecule has 2 rings (SSSR count). The first kappa shape index (κ1) is 12.1. The molecular weight excluding hydrogens is 220 g/mol. The van der Waals surface area contributed by atoms with Gasteiger partial charge < -0.3 is 0 Å². The third-order valence-electron chi connectivity index (χ3n) is 3.51. The largest absolute Gasteiger partial charge is 0.331 e. The molecule has 5 nitrogen and oxygen atoms in total. The highest BCUT2D eigenvalue weighted by Crippen LogP contribution is 2.49. The van der Waals surface area contributed by atoms with E-state index in [-0.39, 0.29) is 11.9 Å². The summed E-state index contributed by atoms with van der Waals surface area (Å²) >= 11 is 0. The van der Waals surface area contributed by atoms with E-state index in [4.69, 9.17) is 0 Å². The van der Waals surface area contributed by atoms with Crippen molar-refractivity contribution < 1.29 is 14.4 Å². The lowest BCUT2D eigenvalue weighted by atomic mass is 9.97. The lowest BCUT2D eigenvalue weighted by Crippen LogP contribution is -2.61. The number of urea groups is 1. The zero-order chi connectivity index (χ0) is 12.8. The predicted molar refractivity (Wildman–Crippen MR) is 61.0 cm³/mol. The van der Waals surface area contributed by atoms with E-state index in [0.717, 1.165) is 6.42 Å². The molecule has 1 spiro atoms. The van der Waals surface area contributed by atoms with Gasteiger partial charge in [-0.2, -0.15) is 0 Å². The molecule has 4 amide bonds. The Labute approximate surface area is 101 Å². The highest BCUT2D eigenvalue weighted by molar-refractivity contribution is 6.21. The zero-order valence-electron chi connectivity index (χ0n) is 10.4. The number of carbonyl (C=O) groups excluding carboxylic acids is 3. The SMILES string of the molecule is CC(C)CC(C)N1C(=O)NC(=O)C2(CC2)C1=O. The Bertz CT molecular complexity index is 385. The summed E-state index contributed by atoms with van der Waals surface area (Å²) in [5.74, 6) is -0.321. The second-order valence-corrected chi connectivity index (χ2v) is 5.50. The summed E-state index contributed by atoms with van der Waals surface area (Å²) in [5, 5.41) is 2.29. The van der Waals surface area contributed by atoms with Gasteiger partial charge in [0, 0.05) is 6.04 Å². The van der Waals surface area contributed by atoms with Gasteiger partial charge >= 0.3 is 6.03 Å². The summed E-state index contributed by atoms with van der Waals surface area (Å²) in [5.41, 5.74) is -0.918. The van der Waals surface area contributed by atoms with E-state index in [9.17, 15) is 14.4 Å². The number of hydrogen-bond donors (Lipinski definition) is 1. The molecule has 5 heteroatoms. The Kier molecular flexibility index (Phi) is 2.72. The van der Waals surface area contributed by atoms with Crippen LogP contribution in [0, 0.1) is 11.3 Å². The van der Waals surface area contributed by atoms with Crippen LogP contribution in [0.1, 0.15) is 40.0 Å². The monoisotopic (exact) mass is 238 g/mol. The number of barbiturate groups is 1. The fourth-order valence-electron chi connectivity index (χ4n) is 2.45. The lowest BCUT2D eigenvalue weighted by molar-refractivity contribution is -0.146. The minimum atomic E-state index is -0.918. The fourth-order valence-corrected chi connectivity index (χ4v) is 2.45. The number of nitrogens with one attached hydrogen (secondary N) is 1. The Balaban J connectivity index is 2.19. The van der Waals surface area contributed by atoms with Crippen molar-refractivity contribution in [1.82, 2.24) is 10.2 Å². The van der Waals surface area contributed by atoms with Gasteiger partial charge in [-0.15, -0.1) is 0 Å². The average molecular weight is 238 g/mol. The minimum Gasteiger partial charge on any atom is -0.277 e. The van der Waals surface area contributed by atoms with Crippen LogP contribution < -0.4 is 5.32 Å². The minimum absolute atomic E-state index is 0.159. The molecule has 1 aliphatic heterocycles. The molecule has 0 radical (unpaired) electrons. The van der Waals surface area contributed by atoms with Gasteiger partial charge in [0.2, 0.25) is 11.8 Å². The maximum absolute atomic E-state index is 12.2. The van der Waals surface area contributed by atoms with Crippen LogP contribution in [0.3, 0.4) is 0 Å². The second-order valence-electron chi connectivity index (χ2n) is 5.50. The molecule has 1 saturated heterocycles. The van der Waals surface area contributed by atoms with Crippen molar-refractivity contribution in [3.63, 3.8) is 0 Å². The molecule has 1 saturated carbocycles. The van der Waals surface area contributed by atoms with Crippen LogP contribution >= 0.6 is 0 Å². The molecule has 94 valence electrons. The zero-order valence-corrected chi connectivity index (χ0v) is 10.4. The third-order valence-corrected chi connectivity index (χ3v) is 3.51. The number of imide groups is 2. The summed E-state index contributed by atoms with van der Waals surface area (Å²) in [6.07, 6.45) is 1.88. The first-order valence-electron chi connectivity index (χ1n) is 6.07. The maximum atomic E-state index is 12.2. The van der Waals surface area contributed by atoms with Crippen LogP contribution in [-0.4, -0.2) is 28.8 Å². The molecule has 17 heavy (non-hydrogen) atoms. The van der Waals surface area contributed by atoms with Crippen LogP contribution in [0.5, 0.6) is 0 Å². The topological polar surface area (TPSA) is 66.5 Å². The van der Waals surface area contributed by atoms with Gasteiger partial charge in [0.25, 0.3) is 0 Å². The molecule has 2 aliphatic rings. The van der Waals surface area contributed by atoms with Crippen LogP contribution in [0.2, 0.25) is 0 Å². The van der Waals surface area contributed by atoms with Crippen molar-refractivity contribution in [3.8, 4) is 0 Å². The second kappa shape index (κ2) is 3.82. The number of amides is 4. The van der Waals surface area contributed by atoms with E-state index in [1.54, 1.807) is 0 Å². The lowest BCUT2D eigenvalue weighted by Gasteiger charge is -2.35. The van der Waals surface area contributed by atoms with Crippen LogP contribution in [0.4, 0.5) is 4.79 Å². The van der Waals surface area contributed by atoms with Gasteiger partial charge in [-0.3, -0.25) is 19.8 Å². The molecule has 1 aliphatic carbocycles. The molecular formula is C12H18N2O3. The van der Waals surface area contributed by atoms with Crippen LogP contribution in [0.15, 0.2) is 0 Å². The highest BCUT2D eigenvalue weighted by Gasteiger charge is 2.62. The highest BCUT2D eigenvalue weighted by atomic mass is 16.2. The Morgan fingerprint density at radius 3 is 2.29 bits per heavy atom. The van der Waals surface area contributed by atoms with E-state index in [1.165, 1.54) is 4.90 Å². The van der Waals surface area contributed by atoms with Crippen molar-refractivity contribution >= 4 is 17.8 Å². The van der Waals surface area contributed by atoms with E-state index in [0.29, 0.717) is 18.8 Å². The predicted octanol–water partition coefficient (Wildman–Crippen LogP) is 1.28. The van der Waals surface area contributed by atoms with Crippen molar-refractivity contribution in [2.45, 2.75) is 46.1 Å². The van der Waals surface area contributed by atoms with Gasteiger partial charge in [0.1, 0.15) is 5.41 Å². The quantitative estimate of drug-likeness (QED) is 0.753. The van der Waals surface area contributed by atoms with Crippen molar-refractivity contribution in [2.24, 2.45) is 11.3 Å². The maximum Gasteiger partial charge on any atom is 0.331 e. The molecule has 0 aromatic carbocycles. The fraction of sp³-hybridized carbons (Fsp3) is 0.750. The van der Waals surface area contributed by atoms with Gasteiger partial charge in [-0.25, -0.2) is 4.79 Å². The van der Waals surface area contributed by atoms with Gasteiger partial charge in [0.15, 0.2) is 0 Å². The smallest absolute Gasteiger partial charge is 0.277 e. The van der Waals surface area contributed by atoms with E-state index < -0.39 is 17.4 Å². The first-order valence-corrected chi connectivity index (χ1v) is 6.07. The molecule has 1 N–H and O–H groups in total. The van der Waals surface area contributed by atoms with Crippen molar-refractivity contribution in [1.29, 1.82) is 0 Å². The summed E-state index contributed by atoms with van der Waals surface area (Å²) in [6, 6.07) is -0.723.